The predicted molar refractivity (Wildman–Crippen MR) is 130 cm³/mol. The molecule has 0 aromatic heterocycles. The van der Waals surface area contributed by atoms with E-state index in [1.165, 1.54) is 32.1 Å². The molecule has 0 aromatic rings. The summed E-state index contributed by atoms with van der Waals surface area (Å²) in [6, 6.07) is 0. The number of hydrogen-bond donors (Lipinski definition) is 2. The fraction of sp³-hybridized carbons (Fsp3) is 0.897. The van der Waals surface area contributed by atoms with Crippen molar-refractivity contribution in [3.05, 3.63) is 12.2 Å². The molecule has 9 atom stereocenters. The van der Waals surface area contributed by atoms with Crippen LogP contribution in [0, 0.1) is 45.8 Å². The van der Waals surface area contributed by atoms with Gasteiger partial charge in [-0.3, -0.25) is 4.79 Å². The van der Waals surface area contributed by atoms with Crippen molar-refractivity contribution in [2.75, 3.05) is 0 Å². The molecule has 4 saturated carbocycles. The zero-order valence-corrected chi connectivity index (χ0v) is 21.5. The highest BCUT2D eigenvalue weighted by atomic mass is 16.3. The van der Waals surface area contributed by atoms with Gasteiger partial charge in [0, 0.05) is 11.8 Å². The highest BCUT2D eigenvalue weighted by Crippen LogP contribution is 2.70. The Morgan fingerprint density at radius 1 is 1.03 bits per heavy atom. The summed E-state index contributed by atoms with van der Waals surface area (Å²) in [5, 5.41) is 21.8. The number of rotatable bonds is 5. The second-order valence-electron chi connectivity index (χ2n) is 13.6. The van der Waals surface area contributed by atoms with Crippen LogP contribution in [0.1, 0.15) is 106 Å². The maximum absolute atomic E-state index is 12.8. The average Bonchev–Trinajstić information content (AvgIpc) is 3.07. The van der Waals surface area contributed by atoms with E-state index in [-0.39, 0.29) is 10.8 Å². The van der Waals surface area contributed by atoms with E-state index < -0.39 is 11.7 Å². The molecule has 0 unspecified atom stereocenters. The lowest BCUT2D eigenvalue weighted by Gasteiger charge is -2.64. The first-order valence-corrected chi connectivity index (χ1v) is 13.3. The van der Waals surface area contributed by atoms with E-state index in [4.69, 9.17) is 0 Å². The van der Waals surface area contributed by atoms with Gasteiger partial charge in [-0.05, 0) is 112 Å². The van der Waals surface area contributed by atoms with E-state index in [2.05, 4.69) is 34.3 Å². The maximum atomic E-state index is 12.8. The van der Waals surface area contributed by atoms with Crippen LogP contribution in [-0.2, 0) is 4.79 Å². The summed E-state index contributed by atoms with van der Waals surface area (Å²) in [7, 11) is 0. The first kappa shape index (κ1) is 24.5. The number of fused-ring (bicyclic) bond motifs is 5. The number of ketones is 1. The number of aliphatic hydroxyl groups is 2. The average molecular weight is 445 g/mol. The molecule has 2 N–H and O–H groups in total. The molecule has 4 fully saturated rings. The standard InChI is InChI=1S/C29H48O3/c1-18(2)23(30)13-17-29(7,32)22-12-15-27(5)19-10-11-24-26(3,4)25(31)14-16-28(24,6)20(19)8-9-21(22)27/h19-24,30,32H,1,8-17H2,2-7H3/t19-,20+,21+,22+,23-,24+,27-,28-,29+/m1/s1. The van der Waals surface area contributed by atoms with Crippen LogP contribution in [0.25, 0.3) is 0 Å². The van der Waals surface area contributed by atoms with E-state index in [1.807, 2.05) is 13.8 Å². The van der Waals surface area contributed by atoms with Gasteiger partial charge in [0.15, 0.2) is 0 Å². The minimum Gasteiger partial charge on any atom is -0.390 e. The van der Waals surface area contributed by atoms with Gasteiger partial charge in [-0.1, -0.05) is 39.8 Å². The maximum Gasteiger partial charge on any atom is 0.138 e. The van der Waals surface area contributed by atoms with Gasteiger partial charge in [-0.25, -0.2) is 0 Å². The van der Waals surface area contributed by atoms with Crippen LogP contribution in [0.4, 0.5) is 0 Å². The van der Waals surface area contributed by atoms with Crippen molar-refractivity contribution in [2.45, 2.75) is 117 Å². The summed E-state index contributed by atoms with van der Waals surface area (Å²) >= 11 is 0. The minimum atomic E-state index is -0.730. The van der Waals surface area contributed by atoms with E-state index in [0.29, 0.717) is 53.6 Å². The number of carbonyl (C=O) groups excluding carboxylic acids is 1. The largest absolute Gasteiger partial charge is 0.390 e. The third kappa shape index (κ3) is 3.56. The number of aliphatic hydroxyl groups excluding tert-OH is 1. The second-order valence-corrected chi connectivity index (χ2v) is 13.6. The van der Waals surface area contributed by atoms with Crippen molar-refractivity contribution in [2.24, 2.45) is 45.8 Å². The fourth-order valence-corrected chi connectivity index (χ4v) is 9.63. The SMILES string of the molecule is C=C(C)[C@H](O)CC[C@](C)(O)[C@H]1CC[C@]2(C)[C@@H]3CC[C@H]4C(C)(C)C(=O)CC[C@]4(C)[C@H]3CC[C@@H]12. The van der Waals surface area contributed by atoms with E-state index in [0.717, 1.165) is 24.8 Å². The molecule has 3 nitrogen and oxygen atoms in total. The summed E-state index contributed by atoms with van der Waals surface area (Å²) in [6.07, 6.45) is 9.76. The molecular weight excluding hydrogens is 396 g/mol. The third-order valence-electron chi connectivity index (χ3n) is 11.6. The summed E-state index contributed by atoms with van der Waals surface area (Å²) in [6.45, 7) is 17.3. The monoisotopic (exact) mass is 444 g/mol. The van der Waals surface area contributed by atoms with Crippen LogP contribution in [0.3, 0.4) is 0 Å². The van der Waals surface area contributed by atoms with Crippen LogP contribution in [0.5, 0.6) is 0 Å². The summed E-state index contributed by atoms with van der Waals surface area (Å²) in [4.78, 5) is 12.8. The molecule has 4 rings (SSSR count). The summed E-state index contributed by atoms with van der Waals surface area (Å²) < 4.78 is 0. The Balaban J connectivity index is 1.55. The van der Waals surface area contributed by atoms with Gasteiger partial charge < -0.3 is 10.2 Å². The predicted octanol–water partition coefficient (Wildman–Crippen LogP) is 6.32. The van der Waals surface area contributed by atoms with Crippen molar-refractivity contribution in [3.63, 3.8) is 0 Å². The van der Waals surface area contributed by atoms with Crippen LogP contribution in [0.2, 0.25) is 0 Å². The first-order chi connectivity index (χ1) is 14.7. The van der Waals surface area contributed by atoms with Gasteiger partial charge in [0.1, 0.15) is 5.78 Å². The van der Waals surface area contributed by atoms with E-state index in [1.54, 1.807) is 0 Å². The van der Waals surface area contributed by atoms with Crippen molar-refractivity contribution in [3.8, 4) is 0 Å². The Labute approximate surface area is 196 Å². The van der Waals surface area contributed by atoms with Crippen molar-refractivity contribution < 1.29 is 15.0 Å². The second kappa shape index (κ2) is 7.94. The normalized spacial score (nSPS) is 45.9. The molecule has 0 bridgehead atoms. The molecule has 0 heterocycles. The van der Waals surface area contributed by atoms with Gasteiger partial charge in [0.05, 0.1) is 11.7 Å². The molecule has 182 valence electrons. The highest BCUT2D eigenvalue weighted by Gasteiger charge is 2.64. The lowest BCUT2D eigenvalue weighted by molar-refractivity contribution is -0.172. The quantitative estimate of drug-likeness (QED) is 0.488. The van der Waals surface area contributed by atoms with Gasteiger partial charge in [0.25, 0.3) is 0 Å². The van der Waals surface area contributed by atoms with E-state index >= 15 is 0 Å². The molecule has 0 aliphatic heterocycles. The number of carbonyl (C=O) groups is 1. The third-order valence-corrected chi connectivity index (χ3v) is 11.6. The molecule has 4 aliphatic carbocycles. The molecule has 0 aromatic carbocycles. The Hall–Kier alpha value is -0.670. The van der Waals surface area contributed by atoms with Crippen molar-refractivity contribution in [1.82, 2.24) is 0 Å². The van der Waals surface area contributed by atoms with Crippen LogP contribution in [-0.4, -0.2) is 27.7 Å². The minimum absolute atomic E-state index is 0.179. The van der Waals surface area contributed by atoms with Gasteiger partial charge in [0.2, 0.25) is 0 Å². The smallest absolute Gasteiger partial charge is 0.138 e. The molecular formula is C29H48O3. The van der Waals surface area contributed by atoms with Crippen LogP contribution >= 0.6 is 0 Å². The Morgan fingerprint density at radius 3 is 2.28 bits per heavy atom. The molecule has 4 aliphatic rings. The highest BCUT2D eigenvalue weighted by molar-refractivity contribution is 5.85. The number of Topliss-reactive ketones (excluding diaryl/α,β-unsaturated/α-hetero) is 1. The van der Waals surface area contributed by atoms with Gasteiger partial charge in [-0.2, -0.15) is 0 Å². The van der Waals surface area contributed by atoms with Crippen molar-refractivity contribution >= 4 is 5.78 Å². The van der Waals surface area contributed by atoms with Gasteiger partial charge >= 0.3 is 0 Å². The number of hydrogen-bond acceptors (Lipinski definition) is 3. The molecule has 32 heavy (non-hydrogen) atoms. The zero-order chi connectivity index (χ0) is 23.7. The molecule has 0 amide bonds. The molecule has 0 saturated heterocycles. The van der Waals surface area contributed by atoms with Crippen molar-refractivity contribution in [1.29, 1.82) is 0 Å². The lowest BCUT2D eigenvalue weighted by atomic mass is 9.40. The summed E-state index contributed by atoms with van der Waals surface area (Å²) in [5.41, 5.74) is 0.453. The lowest BCUT2D eigenvalue weighted by Crippen LogP contribution is -2.59. The fourth-order valence-electron chi connectivity index (χ4n) is 9.63. The zero-order valence-electron chi connectivity index (χ0n) is 21.5. The Bertz CT molecular complexity index is 766. The molecule has 0 spiro atoms. The molecule has 3 heteroatoms. The first-order valence-electron chi connectivity index (χ1n) is 13.3. The molecule has 0 radical (unpaired) electrons. The topological polar surface area (TPSA) is 57.5 Å². The van der Waals surface area contributed by atoms with Gasteiger partial charge in [-0.15, -0.1) is 0 Å². The van der Waals surface area contributed by atoms with Crippen LogP contribution in [0.15, 0.2) is 12.2 Å². The Kier molecular flexibility index (Phi) is 6.07. The summed E-state index contributed by atoms with van der Waals surface area (Å²) in [5.74, 6) is 3.31. The Morgan fingerprint density at radius 2 is 1.62 bits per heavy atom. The van der Waals surface area contributed by atoms with E-state index in [9.17, 15) is 15.0 Å². The van der Waals surface area contributed by atoms with Crippen LogP contribution < -0.4 is 0 Å².